The number of carbonyl (C=O) groups excluding carboxylic acids is 1. The zero-order chi connectivity index (χ0) is 15.8. The van der Waals surface area contributed by atoms with Gasteiger partial charge in [0.05, 0.1) is 13.2 Å². The van der Waals surface area contributed by atoms with E-state index in [0.717, 1.165) is 23.3 Å². The number of rotatable bonds is 7. The highest BCUT2D eigenvalue weighted by atomic mass is 16.5. The molecule has 2 aromatic rings. The summed E-state index contributed by atoms with van der Waals surface area (Å²) in [7, 11) is 1.64. The maximum Gasteiger partial charge on any atom is 0.237 e. The Morgan fingerprint density at radius 1 is 1.14 bits per heavy atom. The van der Waals surface area contributed by atoms with Crippen LogP contribution in [0.3, 0.4) is 0 Å². The van der Waals surface area contributed by atoms with E-state index in [1.807, 2.05) is 54.6 Å². The van der Waals surface area contributed by atoms with Gasteiger partial charge in [-0.3, -0.25) is 4.79 Å². The molecule has 2 rings (SSSR count). The molecule has 0 aromatic heterocycles. The molecule has 1 atom stereocenters. The number of nitrogens with one attached hydrogen (secondary N) is 1. The number of methoxy groups -OCH3 is 1. The fourth-order valence-electron chi connectivity index (χ4n) is 2.25. The molecule has 2 aromatic carbocycles. The lowest BCUT2D eigenvalue weighted by Gasteiger charge is -2.12. The zero-order valence-electron chi connectivity index (χ0n) is 12.8. The van der Waals surface area contributed by atoms with Gasteiger partial charge in [-0.05, 0) is 36.1 Å². The lowest BCUT2D eigenvalue weighted by atomic mass is 10.1. The van der Waals surface area contributed by atoms with Crippen molar-refractivity contribution in [1.82, 2.24) is 5.32 Å². The van der Waals surface area contributed by atoms with Gasteiger partial charge in [0, 0.05) is 6.54 Å². The van der Waals surface area contributed by atoms with Gasteiger partial charge < -0.3 is 15.8 Å². The van der Waals surface area contributed by atoms with E-state index < -0.39 is 6.04 Å². The average Bonchev–Trinajstić information content (AvgIpc) is 2.56. The maximum absolute atomic E-state index is 12.0. The number of amides is 1. The maximum atomic E-state index is 12.0. The van der Waals surface area contributed by atoms with Crippen molar-refractivity contribution >= 4 is 5.91 Å². The topological polar surface area (TPSA) is 64.3 Å². The van der Waals surface area contributed by atoms with Gasteiger partial charge in [0.2, 0.25) is 5.91 Å². The van der Waals surface area contributed by atoms with E-state index in [4.69, 9.17) is 10.5 Å². The van der Waals surface area contributed by atoms with Crippen LogP contribution in [0.5, 0.6) is 5.75 Å². The van der Waals surface area contributed by atoms with Crippen molar-refractivity contribution in [3.05, 3.63) is 65.7 Å². The normalized spacial score (nSPS) is 11.7. The molecule has 3 N–H and O–H groups in total. The summed E-state index contributed by atoms with van der Waals surface area (Å²) in [6.45, 7) is 0.564. The molecule has 4 heteroatoms. The summed E-state index contributed by atoms with van der Waals surface area (Å²) in [5.74, 6) is 0.705. The summed E-state index contributed by atoms with van der Waals surface area (Å²) >= 11 is 0. The van der Waals surface area contributed by atoms with Crippen molar-refractivity contribution in [3.63, 3.8) is 0 Å². The van der Waals surface area contributed by atoms with Gasteiger partial charge in [-0.15, -0.1) is 0 Å². The quantitative estimate of drug-likeness (QED) is 0.821. The predicted octanol–water partition coefficient (Wildman–Crippen LogP) is 1.92. The molecule has 0 radical (unpaired) electrons. The van der Waals surface area contributed by atoms with Gasteiger partial charge in [-0.25, -0.2) is 0 Å². The third-order valence-electron chi connectivity index (χ3n) is 3.48. The molecular weight excluding hydrogens is 276 g/mol. The summed E-state index contributed by atoms with van der Waals surface area (Å²) in [5, 5.41) is 2.88. The van der Waals surface area contributed by atoms with E-state index in [2.05, 4.69) is 5.32 Å². The van der Waals surface area contributed by atoms with Crippen LogP contribution in [0.25, 0.3) is 0 Å². The minimum atomic E-state index is -0.521. The highest BCUT2D eigenvalue weighted by Crippen LogP contribution is 2.12. The Morgan fingerprint density at radius 2 is 1.86 bits per heavy atom. The Labute approximate surface area is 131 Å². The molecule has 0 saturated heterocycles. The summed E-state index contributed by atoms with van der Waals surface area (Å²) in [4.78, 5) is 12.0. The van der Waals surface area contributed by atoms with Crippen LogP contribution in [0.15, 0.2) is 54.6 Å². The molecule has 0 bridgehead atoms. The summed E-state index contributed by atoms with van der Waals surface area (Å²) in [6, 6.07) is 17.1. The fraction of sp³-hybridized carbons (Fsp3) is 0.278. The number of carbonyl (C=O) groups is 1. The largest absolute Gasteiger partial charge is 0.497 e. The number of nitrogens with two attached hydrogens (primary N) is 1. The zero-order valence-corrected chi connectivity index (χ0v) is 12.8. The number of benzene rings is 2. The smallest absolute Gasteiger partial charge is 0.237 e. The van der Waals surface area contributed by atoms with Gasteiger partial charge in [-0.1, -0.05) is 42.5 Å². The second kappa shape index (κ2) is 8.20. The summed E-state index contributed by atoms with van der Waals surface area (Å²) in [5.41, 5.74) is 8.13. The van der Waals surface area contributed by atoms with E-state index in [1.54, 1.807) is 7.11 Å². The fourth-order valence-corrected chi connectivity index (χ4v) is 2.25. The van der Waals surface area contributed by atoms with Crippen LogP contribution < -0.4 is 15.8 Å². The summed E-state index contributed by atoms with van der Waals surface area (Å²) < 4.78 is 5.18. The second-order valence-corrected chi connectivity index (χ2v) is 5.19. The molecule has 0 fully saturated rings. The van der Waals surface area contributed by atoms with Gasteiger partial charge >= 0.3 is 0 Å². The Kier molecular flexibility index (Phi) is 5.98. The lowest BCUT2D eigenvalue weighted by Crippen LogP contribution is -2.42. The van der Waals surface area contributed by atoms with Crippen molar-refractivity contribution in [2.24, 2.45) is 5.73 Å². The summed E-state index contributed by atoms with van der Waals surface area (Å²) in [6.07, 6.45) is 1.30. The first kappa shape index (κ1) is 16.0. The standard InChI is InChI=1S/C18H22N2O2/c1-22-16-9-5-8-15(12-16)10-11-20-18(21)17(19)13-14-6-3-2-4-7-14/h2-9,12,17H,10-11,13,19H2,1H3,(H,20,21)/t17-/m0/s1. The molecule has 0 aliphatic carbocycles. The van der Waals surface area contributed by atoms with Crippen LogP contribution in [-0.4, -0.2) is 25.6 Å². The Bertz CT molecular complexity index is 599. The first-order chi connectivity index (χ1) is 10.7. The van der Waals surface area contributed by atoms with E-state index in [1.165, 1.54) is 0 Å². The molecule has 0 spiro atoms. The Morgan fingerprint density at radius 3 is 2.59 bits per heavy atom. The highest BCUT2D eigenvalue weighted by Gasteiger charge is 2.13. The third kappa shape index (κ3) is 4.90. The predicted molar refractivity (Wildman–Crippen MR) is 87.8 cm³/mol. The lowest BCUT2D eigenvalue weighted by molar-refractivity contribution is -0.122. The average molecular weight is 298 g/mol. The third-order valence-corrected chi connectivity index (χ3v) is 3.48. The van der Waals surface area contributed by atoms with Crippen molar-refractivity contribution in [3.8, 4) is 5.75 Å². The first-order valence-corrected chi connectivity index (χ1v) is 7.39. The number of hydrogen-bond donors (Lipinski definition) is 2. The molecule has 0 aliphatic rings. The van der Waals surface area contributed by atoms with Gasteiger partial charge in [0.15, 0.2) is 0 Å². The molecule has 0 heterocycles. The first-order valence-electron chi connectivity index (χ1n) is 7.39. The monoisotopic (exact) mass is 298 g/mol. The molecular formula is C18H22N2O2. The van der Waals surface area contributed by atoms with E-state index in [9.17, 15) is 4.79 Å². The molecule has 4 nitrogen and oxygen atoms in total. The molecule has 0 saturated carbocycles. The minimum absolute atomic E-state index is 0.119. The highest BCUT2D eigenvalue weighted by molar-refractivity contribution is 5.81. The minimum Gasteiger partial charge on any atom is -0.497 e. The Hall–Kier alpha value is -2.33. The number of ether oxygens (including phenoxy) is 1. The second-order valence-electron chi connectivity index (χ2n) is 5.19. The van der Waals surface area contributed by atoms with Crippen molar-refractivity contribution in [2.45, 2.75) is 18.9 Å². The van der Waals surface area contributed by atoms with Crippen molar-refractivity contribution < 1.29 is 9.53 Å². The van der Waals surface area contributed by atoms with E-state index in [0.29, 0.717) is 13.0 Å². The van der Waals surface area contributed by atoms with Crippen LogP contribution in [0.2, 0.25) is 0 Å². The van der Waals surface area contributed by atoms with Crippen LogP contribution in [0.1, 0.15) is 11.1 Å². The van der Waals surface area contributed by atoms with Gasteiger partial charge in [0.1, 0.15) is 5.75 Å². The van der Waals surface area contributed by atoms with Crippen molar-refractivity contribution in [1.29, 1.82) is 0 Å². The molecule has 0 aliphatic heterocycles. The van der Waals surface area contributed by atoms with Crippen molar-refractivity contribution in [2.75, 3.05) is 13.7 Å². The van der Waals surface area contributed by atoms with Crippen LogP contribution in [0.4, 0.5) is 0 Å². The molecule has 0 unspecified atom stereocenters. The Balaban J connectivity index is 1.77. The van der Waals surface area contributed by atoms with Crippen LogP contribution >= 0.6 is 0 Å². The molecule has 22 heavy (non-hydrogen) atoms. The van der Waals surface area contributed by atoms with Crippen LogP contribution in [0, 0.1) is 0 Å². The van der Waals surface area contributed by atoms with Crippen LogP contribution in [-0.2, 0) is 17.6 Å². The number of hydrogen-bond acceptors (Lipinski definition) is 3. The SMILES string of the molecule is COc1cccc(CCNC(=O)[C@@H](N)Cc2ccccc2)c1. The molecule has 1 amide bonds. The molecule has 116 valence electrons. The van der Waals surface area contributed by atoms with E-state index in [-0.39, 0.29) is 5.91 Å². The van der Waals surface area contributed by atoms with Gasteiger partial charge in [-0.2, -0.15) is 0 Å². The van der Waals surface area contributed by atoms with Gasteiger partial charge in [0.25, 0.3) is 0 Å². The van der Waals surface area contributed by atoms with E-state index >= 15 is 0 Å².